The maximum atomic E-state index is 12.1. The van der Waals surface area contributed by atoms with Crippen LogP contribution in [-0.4, -0.2) is 22.6 Å². The third kappa shape index (κ3) is 3.97. The van der Waals surface area contributed by atoms with Gasteiger partial charge in [0.1, 0.15) is 5.75 Å². The van der Waals surface area contributed by atoms with Gasteiger partial charge in [0.15, 0.2) is 0 Å². The molecule has 0 saturated carbocycles. The second kappa shape index (κ2) is 7.60. The molecule has 0 radical (unpaired) electrons. The van der Waals surface area contributed by atoms with E-state index in [2.05, 4.69) is 21.0 Å². The average Bonchev–Trinajstić information content (AvgIpc) is 3.02. The van der Waals surface area contributed by atoms with Crippen LogP contribution in [0, 0.1) is 0 Å². The molecule has 0 bridgehead atoms. The van der Waals surface area contributed by atoms with Gasteiger partial charge in [-0.3, -0.25) is 9.59 Å². The number of rotatable bonds is 3. The van der Waals surface area contributed by atoms with Crippen molar-refractivity contribution in [2.75, 3.05) is 0 Å². The highest BCUT2D eigenvalue weighted by Gasteiger charge is 2.32. The molecule has 1 unspecified atom stereocenters. The molecule has 1 heterocycles. The Hall–Kier alpha value is -2.18. The molecule has 134 valence electrons. The number of hydrogen-bond acceptors (Lipinski definition) is 4. The molecule has 0 aliphatic carbocycles. The molecule has 0 N–H and O–H groups in total. The minimum absolute atomic E-state index is 0.163. The number of carbonyl (C=O) groups is 2. The molecular formula is C19H16BrClN2O3. The van der Waals surface area contributed by atoms with E-state index in [4.69, 9.17) is 16.3 Å². The predicted molar refractivity (Wildman–Crippen MR) is 103 cm³/mol. The van der Waals surface area contributed by atoms with Crippen molar-refractivity contribution in [2.45, 2.75) is 26.3 Å². The molecule has 0 fully saturated rings. The first kappa shape index (κ1) is 18.6. The molecule has 26 heavy (non-hydrogen) atoms. The van der Waals surface area contributed by atoms with Crippen LogP contribution in [0.4, 0.5) is 0 Å². The van der Waals surface area contributed by atoms with Gasteiger partial charge in [0.2, 0.25) is 5.91 Å². The van der Waals surface area contributed by atoms with Crippen LogP contribution in [0.15, 0.2) is 52.0 Å². The summed E-state index contributed by atoms with van der Waals surface area (Å²) < 4.78 is 6.24. The Bertz CT molecular complexity index is 896. The Morgan fingerprint density at radius 3 is 2.50 bits per heavy atom. The highest BCUT2D eigenvalue weighted by Crippen LogP contribution is 2.36. The van der Waals surface area contributed by atoms with Gasteiger partial charge in [0, 0.05) is 35.3 Å². The second-order valence-electron chi connectivity index (χ2n) is 5.92. The Morgan fingerprint density at radius 2 is 1.88 bits per heavy atom. The van der Waals surface area contributed by atoms with E-state index in [1.807, 2.05) is 24.3 Å². The van der Waals surface area contributed by atoms with E-state index in [9.17, 15) is 9.59 Å². The number of halogens is 2. The van der Waals surface area contributed by atoms with Crippen molar-refractivity contribution in [1.82, 2.24) is 5.01 Å². The third-order valence-corrected chi connectivity index (χ3v) is 4.76. The standard InChI is InChI=1S/C19H16BrClN2O3/c1-11(24)23-18(13-3-5-14(20)6-4-13)10-17(22-23)16-9-15(21)7-8-19(16)26-12(2)25/h3-9,18H,10H2,1-2H3. The lowest BCUT2D eigenvalue weighted by Gasteiger charge is -2.20. The van der Waals surface area contributed by atoms with E-state index in [1.54, 1.807) is 18.2 Å². The molecule has 2 aromatic rings. The van der Waals surface area contributed by atoms with Crippen molar-refractivity contribution >= 4 is 45.1 Å². The molecule has 0 aromatic heterocycles. The van der Waals surface area contributed by atoms with E-state index >= 15 is 0 Å². The number of benzene rings is 2. The maximum absolute atomic E-state index is 12.1. The number of ether oxygens (including phenoxy) is 1. The Labute approximate surface area is 164 Å². The summed E-state index contributed by atoms with van der Waals surface area (Å²) in [5.41, 5.74) is 2.23. The zero-order valence-electron chi connectivity index (χ0n) is 14.2. The quantitative estimate of drug-likeness (QED) is 0.517. The van der Waals surface area contributed by atoms with Crippen LogP contribution in [0.25, 0.3) is 0 Å². The van der Waals surface area contributed by atoms with Gasteiger partial charge in [-0.1, -0.05) is 39.7 Å². The molecule has 0 saturated heterocycles. The Kier molecular flexibility index (Phi) is 5.44. The van der Waals surface area contributed by atoms with Crippen LogP contribution >= 0.6 is 27.5 Å². The molecule has 1 atom stereocenters. The molecule has 3 rings (SSSR count). The van der Waals surface area contributed by atoms with Crippen LogP contribution in [0.1, 0.15) is 37.4 Å². The molecule has 2 aromatic carbocycles. The summed E-state index contributed by atoms with van der Waals surface area (Å²) in [6.45, 7) is 2.81. The molecule has 1 aliphatic rings. The van der Waals surface area contributed by atoms with Crippen molar-refractivity contribution < 1.29 is 14.3 Å². The second-order valence-corrected chi connectivity index (χ2v) is 7.27. The number of nitrogens with zero attached hydrogens (tertiary/aromatic N) is 2. The van der Waals surface area contributed by atoms with Crippen molar-refractivity contribution in [2.24, 2.45) is 5.10 Å². The number of carbonyl (C=O) groups excluding carboxylic acids is 2. The topological polar surface area (TPSA) is 59.0 Å². The summed E-state index contributed by atoms with van der Waals surface area (Å²) in [6.07, 6.45) is 0.496. The van der Waals surface area contributed by atoms with E-state index in [1.165, 1.54) is 18.9 Å². The highest BCUT2D eigenvalue weighted by atomic mass is 79.9. The molecule has 1 aliphatic heterocycles. The molecule has 5 nitrogen and oxygen atoms in total. The first-order valence-electron chi connectivity index (χ1n) is 7.96. The van der Waals surface area contributed by atoms with Crippen LogP contribution in [0.3, 0.4) is 0 Å². The SMILES string of the molecule is CC(=O)Oc1ccc(Cl)cc1C1=NN(C(C)=O)C(c2ccc(Br)cc2)C1. The van der Waals surface area contributed by atoms with E-state index < -0.39 is 5.97 Å². The average molecular weight is 436 g/mol. The zero-order chi connectivity index (χ0) is 18.8. The maximum Gasteiger partial charge on any atom is 0.308 e. The van der Waals surface area contributed by atoms with Gasteiger partial charge in [0.05, 0.1) is 11.8 Å². The number of hydrogen-bond donors (Lipinski definition) is 0. The fraction of sp³-hybridized carbons (Fsp3) is 0.211. The van der Waals surface area contributed by atoms with Crippen molar-refractivity contribution in [1.29, 1.82) is 0 Å². The summed E-state index contributed by atoms with van der Waals surface area (Å²) in [6, 6.07) is 12.5. The van der Waals surface area contributed by atoms with E-state index in [-0.39, 0.29) is 11.9 Å². The number of hydrazone groups is 1. The highest BCUT2D eigenvalue weighted by molar-refractivity contribution is 9.10. The van der Waals surface area contributed by atoms with Gasteiger partial charge >= 0.3 is 5.97 Å². The largest absolute Gasteiger partial charge is 0.426 e. The van der Waals surface area contributed by atoms with Crippen LogP contribution in [0.5, 0.6) is 5.75 Å². The monoisotopic (exact) mass is 434 g/mol. The molecule has 1 amide bonds. The van der Waals surface area contributed by atoms with Crippen molar-refractivity contribution in [3.8, 4) is 5.75 Å². The molecule has 0 spiro atoms. The predicted octanol–water partition coefficient (Wildman–Crippen LogP) is 4.73. The van der Waals surface area contributed by atoms with Gasteiger partial charge in [-0.25, -0.2) is 5.01 Å². The van der Waals surface area contributed by atoms with Gasteiger partial charge in [-0.2, -0.15) is 5.10 Å². The summed E-state index contributed by atoms with van der Waals surface area (Å²) in [7, 11) is 0. The van der Waals surface area contributed by atoms with Crippen LogP contribution < -0.4 is 4.74 Å². The zero-order valence-corrected chi connectivity index (χ0v) is 16.5. The summed E-state index contributed by atoms with van der Waals surface area (Å²) in [4.78, 5) is 23.5. The lowest BCUT2D eigenvalue weighted by Crippen LogP contribution is -2.24. The third-order valence-electron chi connectivity index (χ3n) is 3.99. The lowest BCUT2D eigenvalue weighted by atomic mass is 9.98. The minimum Gasteiger partial charge on any atom is -0.426 e. The summed E-state index contributed by atoms with van der Waals surface area (Å²) in [5, 5.41) is 6.44. The van der Waals surface area contributed by atoms with Gasteiger partial charge in [-0.15, -0.1) is 0 Å². The van der Waals surface area contributed by atoms with Gasteiger partial charge in [-0.05, 0) is 35.9 Å². The fourth-order valence-electron chi connectivity index (χ4n) is 2.88. The first-order chi connectivity index (χ1) is 12.3. The van der Waals surface area contributed by atoms with Crippen molar-refractivity contribution in [3.05, 3.63) is 63.1 Å². The lowest BCUT2D eigenvalue weighted by molar-refractivity contribution is -0.132. The minimum atomic E-state index is -0.431. The van der Waals surface area contributed by atoms with E-state index in [0.29, 0.717) is 28.5 Å². The Balaban J connectivity index is 2.00. The Morgan fingerprint density at radius 1 is 1.19 bits per heavy atom. The normalized spacial score (nSPS) is 16.4. The summed E-state index contributed by atoms with van der Waals surface area (Å²) >= 11 is 9.54. The fourth-order valence-corrected chi connectivity index (χ4v) is 3.32. The number of esters is 1. The first-order valence-corrected chi connectivity index (χ1v) is 9.13. The smallest absolute Gasteiger partial charge is 0.308 e. The van der Waals surface area contributed by atoms with E-state index in [0.717, 1.165) is 10.0 Å². The van der Waals surface area contributed by atoms with Crippen LogP contribution in [-0.2, 0) is 9.59 Å². The number of amides is 1. The van der Waals surface area contributed by atoms with Crippen LogP contribution in [0.2, 0.25) is 5.02 Å². The molecular weight excluding hydrogens is 420 g/mol. The van der Waals surface area contributed by atoms with Crippen molar-refractivity contribution in [3.63, 3.8) is 0 Å². The van der Waals surface area contributed by atoms with Gasteiger partial charge in [0.25, 0.3) is 0 Å². The molecule has 7 heteroatoms. The van der Waals surface area contributed by atoms with Gasteiger partial charge < -0.3 is 4.74 Å². The summed E-state index contributed by atoms with van der Waals surface area (Å²) in [5.74, 6) is -0.218.